The maximum atomic E-state index is 12.3. The smallest absolute Gasteiger partial charge is 0.383 e. The Hall–Kier alpha value is -1.10. The summed E-state index contributed by atoms with van der Waals surface area (Å²) in [5.41, 5.74) is 1.20. The van der Waals surface area contributed by atoms with E-state index in [0.717, 1.165) is 5.56 Å². The minimum absolute atomic E-state index is 0.313. The summed E-state index contributed by atoms with van der Waals surface area (Å²) < 4.78 is 37.0. The number of halogens is 3. The first-order chi connectivity index (χ1) is 7.00. The van der Waals surface area contributed by atoms with Gasteiger partial charge in [-0.1, -0.05) is 6.07 Å². The van der Waals surface area contributed by atoms with Gasteiger partial charge in [0, 0.05) is 17.8 Å². The first-order valence-electron chi connectivity index (χ1n) is 4.68. The number of hydrogen-bond donors (Lipinski definition) is 1. The summed E-state index contributed by atoms with van der Waals surface area (Å²) in [5, 5.41) is 9.17. The van der Waals surface area contributed by atoms with E-state index in [-0.39, 0.29) is 0 Å². The predicted molar refractivity (Wildman–Crippen MR) is 47.4 cm³/mol. The van der Waals surface area contributed by atoms with E-state index in [4.69, 9.17) is 5.11 Å². The molecule has 0 aromatic carbocycles. The van der Waals surface area contributed by atoms with Gasteiger partial charge in [-0.15, -0.1) is 0 Å². The van der Waals surface area contributed by atoms with Crippen LogP contribution in [0.3, 0.4) is 0 Å². The van der Waals surface area contributed by atoms with Crippen LogP contribution in [-0.4, -0.2) is 22.4 Å². The molecule has 0 aliphatic heterocycles. The number of alkyl halides is 3. The molecule has 0 spiro atoms. The Balaban J connectivity index is 2.28. The fraction of sp³-hybridized carbons (Fsp3) is 0.500. The zero-order valence-corrected chi connectivity index (χ0v) is 7.83. The molecule has 5 heteroatoms. The van der Waals surface area contributed by atoms with Crippen LogP contribution in [-0.2, 0) is 6.42 Å². The largest absolute Gasteiger partial charge is 0.415 e. The van der Waals surface area contributed by atoms with Crippen LogP contribution >= 0.6 is 0 Å². The average molecular weight is 217 g/mol. The van der Waals surface area contributed by atoms with Crippen LogP contribution < -0.4 is 0 Å². The molecule has 2 nitrogen and oxygen atoms in total. The van der Waals surface area contributed by atoms with Crippen LogP contribution in [0.5, 0.6) is 0 Å². The van der Waals surface area contributed by atoms with Crippen molar-refractivity contribution in [2.75, 3.05) is 0 Å². The Labute approximate surface area is 84.8 Å². The Bertz CT molecular complexity index is 364. The van der Waals surface area contributed by atoms with Crippen molar-refractivity contribution in [2.24, 2.45) is 0 Å². The minimum atomic E-state index is -4.57. The lowest BCUT2D eigenvalue weighted by Gasteiger charge is -2.20. The molecule has 1 N–H and O–H groups in total. The lowest BCUT2D eigenvalue weighted by Crippen LogP contribution is -2.34. The van der Waals surface area contributed by atoms with E-state index < -0.39 is 18.2 Å². The number of pyridine rings is 1. The van der Waals surface area contributed by atoms with Gasteiger partial charge in [0.15, 0.2) is 6.10 Å². The molecule has 1 aliphatic rings. The number of rotatable bonds is 1. The number of aliphatic hydroxyl groups is 1. The normalized spacial score (nSPS) is 22.5. The monoisotopic (exact) mass is 217 g/mol. The van der Waals surface area contributed by atoms with E-state index in [1.54, 1.807) is 12.1 Å². The van der Waals surface area contributed by atoms with E-state index in [0.29, 0.717) is 18.5 Å². The molecular formula is C10H10F3NO. The summed E-state index contributed by atoms with van der Waals surface area (Å²) in [5.74, 6) is -0.902. The lowest BCUT2D eigenvalue weighted by molar-refractivity contribution is -0.210. The van der Waals surface area contributed by atoms with Gasteiger partial charge in [0.05, 0.1) is 0 Å². The van der Waals surface area contributed by atoms with Gasteiger partial charge < -0.3 is 5.11 Å². The van der Waals surface area contributed by atoms with Crippen molar-refractivity contribution >= 4 is 0 Å². The summed E-state index contributed by atoms with van der Waals surface area (Å²) in [6, 6.07) is 3.45. The van der Waals surface area contributed by atoms with Crippen molar-refractivity contribution in [1.82, 2.24) is 4.98 Å². The molecule has 2 atom stereocenters. The molecule has 1 aromatic rings. The highest BCUT2D eigenvalue weighted by atomic mass is 19.4. The molecule has 1 aromatic heterocycles. The third kappa shape index (κ3) is 1.84. The van der Waals surface area contributed by atoms with Crippen molar-refractivity contribution in [3.63, 3.8) is 0 Å². The number of aliphatic hydroxyl groups excluding tert-OH is 1. The maximum Gasteiger partial charge on any atom is 0.415 e. The molecule has 82 valence electrons. The molecule has 0 saturated carbocycles. The van der Waals surface area contributed by atoms with E-state index in [1.165, 1.54) is 6.20 Å². The van der Waals surface area contributed by atoms with Crippen LogP contribution in [0.25, 0.3) is 0 Å². The summed E-state index contributed by atoms with van der Waals surface area (Å²) in [6.45, 7) is 0. The Morgan fingerprint density at radius 2 is 2.20 bits per heavy atom. The van der Waals surface area contributed by atoms with Crippen molar-refractivity contribution in [1.29, 1.82) is 0 Å². The standard InChI is InChI=1S/C10H10F3NO/c11-10(12,13)9(15)7-4-3-6-2-1-5-14-8(6)7/h1-2,5,7,9,15H,3-4H2/t7?,9-/m0/s1. The van der Waals surface area contributed by atoms with Crippen LogP contribution in [0, 0.1) is 0 Å². The summed E-state index contributed by atoms with van der Waals surface area (Å²) >= 11 is 0. The van der Waals surface area contributed by atoms with E-state index in [1.807, 2.05) is 0 Å². The Morgan fingerprint density at radius 1 is 1.47 bits per heavy atom. The SMILES string of the molecule is O[C@@H](C1CCc2cccnc21)C(F)(F)F. The third-order valence-corrected chi connectivity index (χ3v) is 2.72. The fourth-order valence-corrected chi connectivity index (χ4v) is 1.98. The molecule has 15 heavy (non-hydrogen) atoms. The molecule has 0 fully saturated rings. The van der Waals surface area contributed by atoms with Gasteiger partial charge in [0.25, 0.3) is 0 Å². The highest BCUT2D eigenvalue weighted by Crippen LogP contribution is 2.39. The second-order valence-electron chi connectivity index (χ2n) is 3.68. The summed E-state index contributed by atoms with van der Waals surface area (Å²) in [6.07, 6.45) is -4.54. The Kier molecular flexibility index (Phi) is 2.42. The zero-order chi connectivity index (χ0) is 11.1. The molecular weight excluding hydrogens is 207 g/mol. The summed E-state index contributed by atoms with van der Waals surface area (Å²) in [7, 11) is 0. The predicted octanol–water partition coefficient (Wildman–Crippen LogP) is 2.03. The molecule has 0 amide bonds. The summed E-state index contributed by atoms with van der Waals surface area (Å²) in [4.78, 5) is 3.92. The molecule has 1 aliphatic carbocycles. The second-order valence-corrected chi connectivity index (χ2v) is 3.68. The molecule has 2 rings (SSSR count). The molecule has 0 radical (unpaired) electrons. The quantitative estimate of drug-likeness (QED) is 0.780. The van der Waals surface area contributed by atoms with Crippen molar-refractivity contribution < 1.29 is 18.3 Å². The number of hydrogen-bond acceptors (Lipinski definition) is 2. The van der Waals surface area contributed by atoms with Gasteiger partial charge in [0.1, 0.15) is 0 Å². The van der Waals surface area contributed by atoms with E-state index in [2.05, 4.69) is 4.98 Å². The minimum Gasteiger partial charge on any atom is -0.383 e. The van der Waals surface area contributed by atoms with Gasteiger partial charge in [-0.2, -0.15) is 13.2 Å². The van der Waals surface area contributed by atoms with Crippen LogP contribution in [0.4, 0.5) is 13.2 Å². The highest BCUT2D eigenvalue weighted by molar-refractivity contribution is 5.29. The van der Waals surface area contributed by atoms with Crippen molar-refractivity contribution in [3.05, 3.63) is 29.6 Å². The van der Waals surface area contributed by atoms with Crippen LogP contribution in [0.1, 0.15) is 23.6 Å². The number of fused-ring (bicyclic) bond motifs is 1. The highest BCUT2D eigenvalue weighted by Gasteiger charge is 2.46. The van der Waals surface area contributed by atoms with Gasteiger partial charge in [0.2, 0.25) is 0 Å². The molecule has 0 saturated heterocycles. The van der Waals surface area contributed by atoms with Crippen LogP contribution in [0.2, 0.25) is 0 Å². The maximum absolute atomic E-state index is 12.3. The first-order valence-corrected chi connectivity index (χ1v) is 4.68. The third-order valence-electron chi connectivity index (χ3n) is 2.72. The second kappa shape index (κ2) is 3.48. The number of aryl methyl sites for hydroxylation is 1. The van der Waals surface area contributed by atoms with Gasteiger partial charge in [-0.25, -0.2) is 0 Å². The van der Waals surface area contributed by atoms with E-state index >= 15 is 0 Å². The van der Waals surface area contributed by atoms with Gasteiger partial charge >= 0.3 is 6.18 Å². The van der Waals surface area contributed by atoms with Gasteiger partial charge in [-0.05, 0) is 24.5 Å². The zero-order valence-electron chi connectivity index (χ0n) is 7.83. The van der Waals surface area contributed by atoms with Crippen molar-refractivity contribution in [2.45, 2.75) is 31.0 Å². The first kappa shape index (κ1) is 10.4. The fourth-order valence-electron chi connectivity index (χ4n) is 1.98. The number of nitrogens with zero attached hydrogens (tertiary/aromatic N) is 1. The van der Waals surface area contributed by atoms with E-state index in [9.17, 15) is 13.2 Å². The Morgan fingerprint density at radius 3 is 2.87 bits per heavy atom. The molecule has 1 heterocycles. The van der Waals surface area contributed by atoms with Crippen molar-refractivity contribution in [3.8, 4) is 0 Å². The molecule has 1 unspecified atom stereocenters. The lowest BCUT2D eigenvalue weighted by atomic mass is 9.99. The van der Waals surface area contributed by atoms with Crippen LogP contribution in [0.15, 0.2) is 18.3 Å². The average Bonchev–Trinajstić information content (AvgIpc) is 2.58. The number of aromatic nitrogens is 1. The molecule has 0 bridgehead atoms. The topological polar surface area (TPSA) is 33.1 Å². The van der Waals surface area contributed by atoms with Gasteiger partial charge in [-0.3, -0.25) is 4.98 Å².